The van der Waals surface area contributed by atoms with Crippen LogP contribution in [0.2, 0.25) is 0 Å². The zero-order chi connectivity index (χ0) is 15.8. The van der Waals surface area contributed by atoms with Crippen molar-refractivity contribution in [3.63, 3.8) is 0 Å². The summed E-state index contributed by atoms with van der Waals surface area (Å²) in [6, 6.07) is 11.0. The second kappa shape index (κ2) is 5.32. The predicted octanol–water partition coefficient (Wildman–Crippen LogP) is 4.83. The number of benzene rings is 1. The third-order valence-corrected chi connectivity index (χ3v) is 3.73. The molecule has 0 aliphatic heterocycles. The molecule has 0 atom stereocenters. The molecule has 21 heavy (non-hydrogen) atoms. The highest BCUT2D eigenvalue weighted by Gasteiger charge is 2.25. The number of hydrogen-bond acceptors (Lipinski definition) is 1. The van der Waals surface area contributed by atoms with Crippen molar-refractivity contribution in [2.75, 3.05) is 0 Å². The van der Waals surface area contributed by atoms with E-state index in [2.05, 4.69) is 83.5 Å². The summed E-state index contributed by atoms with van der Waals surface area (Å²) in [7, 11) is 0. The van der Waals surface area contributed by atoms with Crippen LogP contribution in [0, 0.1) is 6.92 Å². The monoisotopic (exact) mass is 284 g/mol. The highest BCUT2D eigenvalue weighted by atomic mass is 15.3. The number of aryl methyl sites for hydroxylation is 1. The van der Waals surface area contributed by atoms with Gasteiger partial charge in [0, 0.05) is 16.5 Å². The van der Waals surface area contributed by atoms with Crippen LogP contribution in [-0.4, -0.2) is 9.78 Å². The van der Waals surface area contributed by atoms with Crippen LogP contribution < -0.4 is 0 Å². The molecule has 0 aliphatic carbocycles. The molecule has 2 aromatic rings. The van der Waals surface area contributed by atoms with Gasteiger partial charge in [-0.15, -0.1) is 0 Å². The van der Waals surface area contributed by atoms with Crippen molar-refractivity contribution < 1.29 is 0 Å². The van der Waals surface area contributed by atoms with E-state index in [1.807, 2.05) is 0 Å². The van der Waals surface area contributed by atoms with Gasteiger partial charge in [0.15, 0.2) is 0 Å². The molecule has 2 rings (SSSR count). The average molecular weight is 284 g/mol. The van der Waals surface area contributed by atoms with Crippen molar-refractivity contribution in [3.05, 3.63) is 52.8 Å². The summed E-state index contributed by atoms with van der Waals surface area (Å²) in [5.41, 5.74) is 5.25. The van der Waals surface area contributed by atoms with Crippen molar-refractivity contribution in [2.24, 2.45) is 0 Å². The molecule has 0 radical (unpaired) electrons. The molecule has 1 aromatic heterocycles. The van der Waals surface area contributed by atoms with Gasteiger partial charge in [-0.05, 0) is 18.6 Å². The van der Waals surface area contributed by atoms with Gasteiger partial charge in [-0.2, -0.15) is 5.10 Å². The van der Waals surface area contributed by atoms with Crippen LogP contribution in [0.3, 0.4) is 0 Å². The van der Waals surface area contributed by atoms with Crippen molar-refractivity contribution >= 4 is 0 Å². The van der Waals surface area contributed by atoms with E-state index in [0.29, 0.717) is 0 Å². The van der Waals surface area contributed by atoms with Crippen LogP contribution >= 0.6 is 0 Å². The third-order valence-electron chi connectivity index (χ3n) is 3.73. The molecule has 0 N–H and O–H groups in total. The fraction of sp³-hybridized carbons (Fsp3) is 0.526. The maximum atomic E-state index is 4.89. The molecule has 0 amide bonds. The molecule has 0 spiro atoms. The Morgan fingerprint density at radius 1 is 0.952 bits per heavy atom. The fourth-order valence-electron chi connectivity index (χ4n) is 2.49. The number of aromatic nitrogens is 2. The SMILES string of the molecule is Cc1cccc(Cn2nc(C(C)(C)C)cc2C(C)(C)C)c1. The highest BCUT2D eigenvalue weighted by Crippen LogP contribution is 2.29. The minimum atomic E-state index is 0.0812. The van der Waals surface area contributed by atoms with Crippen molar-refractivity contribution in [1.82, 2.24) is 9.78 Å². The zero-order valence-corrected chi connectivity index (χ0v) is 14.5. The summed E-state index contributed by atoms with van der Waals surface area (Å²) >= 11 is 0. The third kappa shape index (κ3) is 3.75. The van der Waals surface area contributed by atoms with Crippen LogP contribution in [0.5, 0.6) is 0 Å². The topological polar surface area (TPSA) is 17.8 Å². The molecule has 0 saturated carbocycles. The Bertz CT molecular complexity index is 622. The highest BCUT2D eigenvalue weighted by molar-refractivity contribution is 5.26. The molecule has 2 heteroatoms. The molecular weight excluding hydrogens is 256 g/mol. The van der Waals surface area contributed by atoms with Gasteiger partial charge in [0.25, 0.3) is 0 Å². The van der Waals surface area contributed by atoms with Gasteiger partial charge in [-0.25, -0.2) is 0 Å². The van der Waals surface area contributed by atoms with Gasteiger partial charge in [-0.3, -0.25) is 4.68 Å². The lowest BCUT2D eigenvalue weighted by Gasteiger charge is -2.20. The van der Waals surface area contributed by atoms with E-state index in [1.54, 1.807) is 0 Å². The molecule has 0 aliphatic rings. The van der Waals surface area contributed by atoms with Crippen LogP contribution in [0.25, 0.3) is 0 Å². The Morgan fingerprint density at radius 2 is 1.62 bits per heavy atom. The second-order valence-electron chi connectivity index (χ2n) is 8.06. The van der Waals surface area contributed by atoms with Crippen molar-refractivity contribution in [1.29, 1.82) is 0 Å². The standard InChI is InChI=1S/C19H28N2/c1-14-9-8-10-15(11-14)13-21-17(19(5,6)7)12-16(20-21)18(2,3)4/h8-12H,13H2,1-7H3. The summed E-state index contributed by atoms with van der Waals surface area (Å²) in [4.78, 5) is 0. The quantitative estimate of drug-likeness (QED) is 0.772. The van der Waals surface area contributed by atoms with E-state index >= 15 is 0 Å². The summed E-state index contributed by atoms with van der Waals surface area (Å²) in [5.74, 6) is 0. The Kier molecular flexibility index (Phi) is 4.01. The van der Waals surface area contributed by atoms with Crippen molar-refractivity contribution in [2.45, 2.75) is 65.8 Å². The smallest absolute Gasteiger partial charge is 0.0681 e. The first kappa shape index (κ1) is 15.8. The van der Waals surface area contributed by atoms with Crippen LogP contribution in [-0.2, 0) is 17.4 Å². The molecule has 2 nitrogen and oxygen atoms in total. The van der Waals surface area contributed by atoms with Gasteiger partial charge in [-0.1, -0.05) is 71.4 Å². The van der Waals surface area contributed by atoms with E-state index in [1.165, 1.54) is 22.5 Å². The Hall–Kier alpha value is -1.57. The maximum Gasteiger partial charge on any atom is 0.0681 e. The first-order valence-corrected chi connectivity index (χ1v) is 7.72. The summed E-state index contributed by atoms with van der Waals surface area (Å²) in [6.45, 7) is 16.4. The molecule has 1 aromatic carbocycles. The molecule has 0 fully saturated rings. The lowest BCUT2D eigenvalue weighted by Crippen LogP contribution is -2.19. The van der Waals surface area contributed by atoms with E-state index in [9.17, 15) is 0 Å². The molecule has 1 heterocycles. The predicted molar refractivity (Wildman–Crippen MR) is 89.9 cm³/mol. The molecule has 0 saturated heterocycles. The molecule has 114 valence electrons. The van der Waals surface area contributed by atoms with E-state index in [-0.39, 0.29) is 10.8 Å². The van der Waals surface area contributed by atoms with Crippen molar-refractivity contribution in [3.8, 4) is 0 Å². The van der Waals surface area contributed by atoms with Crippen LogP contribution in [0.15, 0.2) is 30.3 Å². The van der Waals surface area contributed by atoms with Gasteiger partial charge in [0.05, 0.1) is 12.2 Å². The molecule has 0 bridgehead atoms. The first-order valence-electron chi connectivity index (χ1n) is 7.72. The largest absolute Gasteiger partial charge is 0.264 e. The second-order valence-corrected chi connectivity index (χ2v) is 8.06. The minimum absolute atomic E-state index is 0.0812. The number of rotatable bonds is 2. The Balaban J connectivity index is 2.44. The van der Waals surface area contributed by atoms with E-state index < -0.39 is 0 Å². The average Bonchev–Trinajstić information content (AvgIpc) is 2.72. The summed E-state index contributed by atoms with van der Waals surface area (Å²) < 4.78 is 2.18. The molecule has 0 unspecified atom stereocenters. The normalized spacial score (nSPS) is 12.7. The van der Waals surface area contributed by atoms with E-state index in [4.69, 9.17) is 5.10 Å². The minimum Gasteiger partial charge on any atom is -0.264 e. The number of hydrogen-bond donors (Lipinski definition) is 0. The number of nitrogens with zero attached hydrogens (tertiary/aromatic N) is 2. The lowest BCUT2D eigenvalue weighted by molar-refractivity contribution is 0.496. The molecular formula is C19H28N2. The maximum absolute atomic E-state index is 4.89. The zero-order valence-electron chi connectivity index (χ0n) is 14.5. The Labute approximate surface area is 129 Å². The lowest BCUT2D eigenvalue weighted by atomic mass is 9.88. The summed E-state index contributed by atoms with van der Waals surface area (Å²) in [6.07, 6.45) is 0. The van der Waals surface area contributed by atoms with Gasteiger partial charge >= 0.3 is 0 Å². The summed E-state index contributed by atoms with van der Waals surface area (Å²) in [5, 5.41) is 4.89. The van der Waals surface area contributed by atoms with Crippen LogP contribution in [0.4, 0.5) is 0 Å². The van der Waals surface area contributed by atoms with Gasteiger partial charge in [0.1, 0.15) is 0 Å². The van der Waals surface area contributed by atoms with Gasteiger partial charge < -0.3 is 0 Å². The Morgan fingerprint density at radius 3 is 2.14 bits per heavy atom. The van der Waals surface area contributed by atoms with Crippen LogP contribution in [0.1, 0.15) is 64.1 Å². The fourth-order valence-corrected chi connectivity index (χ4v) is 2.49. The van der Waals surface area contributed by atoms with E-state index in [0.717, 1.165) is 6.54 Å². The first-order chi connectivity index (χ1) is 9.57. The van der Waals surface area contributed by atoms with Gasteiger partial charge in [0.2, 0.25) is 0 Å².